The van der Waals surface area contributed by atoms with E-state index >= 15 is 0 Å². The van der Waals surface area contributed by atoms with Gasteiger partial charge in [0.15, 0.2) is 5.69 Å². The van der Waals surface area contributed by atoms with E-state index in [0.717, 1.165) is 31.5 Å². The van der Waals surface area contributed by atoms with Crippen molar-refractivity contribution in [2.24, 2.45) is 0 Å². The molecule has 1 saturated heterocycles. The van der Waals surface area contributed by atoms with Crippen molar-refractivity contribution in [1.29, 1.82) is 0 Å². The SMILES string of the molecule is CCC1CCCCN1C(=O)c1n[nH]c(C)c1N. The molecule has 0 aromatic carbocycles. The quantitative estimate of drug-likeness (QED) is 0.820. The number of likely N-dealkylation sites (tertiary alicyclic amines) is 1. The second kappa shape index (κ2) is 4.77. The molecule has 1 unspecified atom stereocenters. The van der Waals surface area contributed by atoms with Crippen molar-refractivity contribution in [3.8, 4) is 0 Å². The molecule has 3 N–H and O–H groups in total. The van der Waals surface area contributed by atoms with Crippen LogP contribution in [0.4, 0.5) is 5.69 Å². The molecule has 0 saturated carbocycles. The number of nitrogen functional groups attached to an aromatic ring is 1. The second-order valence-electron chi connectivity index (χ2n) is 4.67. The molecular weight excluding hydrogens is 216 g/mol. The smallest absolute Gasteiger partial charge is 0.276 e. The van der Waals surface area contributed by atoms with E-state index in [1.807, 2.05) is 11.8 Å². The highest BCUT2D eigenvalue weighted by Gasteiger charge is 2.29. The Labute approximate surface area is 101 Å². The number of rotatable bonds is 2. The average molecular weight is 236 g/mol. The van der Waals surface area contributed by atoms with E-state index in [4.69, 9.17) is 5.73 Å². The van der Waals surface area contributed by atoms with Crippen LogP contribution in [0.3, 0.4) is 0 Å². The summed E-state index contributed by atoms with van der Waals surface area (Å²) in [4.78, 5) is 14.3. The van der Waals surface area contributed by atoms with Crippen LogP contribution in [0.5, 0.6) is 0 Å². The lowest BCUT2D eigenvalue weighted by Crippen LogP contribution is -2.43. The monoisotopic (exact) mass is 236 g/mol. The van der Waals surface area contributed by atoms with Gasteiger partial charge in [-0.05, 0) is 32.6 Å². The van der Waals surface area contributed by atoms with Crippen molar-refractivity contribution >= 4 is 11.6 Å². The number of aryl methyl sites for hydroxylation is 1. The molecule has 1 aliphatic rings. The lowest BCUT2D eigenvalue weighted by Gasteiger charge is -2.34. The molecule has 0 bridgehead atoms. The summed E-state index contributed by atoms with van der Waals surface area (Å²) in [5.74, 6) is -0.0293. The first-order valence-corrected chi connectivity index (χ1v) is 6.26. The number of hydrogen-bond donors (Lipinski definition) is 2. The average Bonchev–Trinajstić information content (AvgIpc) is 2.69. The summed E-state index contributed by atoms with van der Waals surface area (Å²) in [7, 11) is 0. The van der Waals surface area contributed by atoms with Crippen LogP contribution in [0.1, 0.15) is 48.8 Å². The van der Waals surface area contributed by atoms with Crippen molar-refractivity contribution in [3.63, 3.8) is 0 Å². The van der Waals surface area contributed by atoms with Gasteiger partial charge in [0.05, 0.1) is 11.4 Å². The third-order valence-corrected chi connectivity index (χ3v) is 3.56. The maximum atomic E-state index is 12.4. The Kier molecular flexibility index (Phi) is 3.36. The van der Waals surface area contributed by atoms with E-state index in [9.17, 15) is 4.79 Å². The summed E-state index contributed by atoms with van der Waals surface area (Å²) in [6.07, 6.45) is 4.36. The van der Waals surface area contributed by atoms with Gasteiger partial charge in [0.2, 0.25) is 0 Å². The van der Waals surface area contributed by atoms with Gasteiger partial charge in [-0.3, -0.25) is 9.89 Å². The highest BCUT2D eigenvalue weighted by molar-refractivity contribution is 5.97. The summed E-state index contributed by atoms with van der Waals surface area (Å²) in [6, 6.07) is 0.340. The minimum Gasteiger partial charge on any atom is -0.395 e. The highest BCUT2D eigenvalue weighted by Crippen LogP contribution is 2.23. The van der Waals surface area contributed by atoms with Gasteiger partial charge in [-0.15, -0.1) is 0 Å². The standard InChI is InChI=1S/C12H20N4O/c1-3-9-6-4-5-7-16(9)12(17)11-10(13)8(2)14-15-11/h9H,3-7,13H2,1-2H3,(H,14,15). The molecule has 1 atom stereocenters. The molecule has 1 aliphatic heterocycles. The Morgan fingerprint density at radius 2 is 2.35 bits per heavy atom. The van der Waals surface area contributed by atoms with E-state index in [0.29, 0.717) is 17.4 Å². The molecule has 1 aromatic heterocycles. The number of H-pyrrole nitrogens is 1. The molecule has 5 heteroatoms. The molecule has 1 aromatic rings. The lowest BCUT2D eigenvalue weighted by molar-refractivity contribution is 0.0603. The number of piperidine rings is 1. The summed E-state index contributed by atoms with van der Waals surface area (Å²) in [6.45, 7) is 4.77. The number of carbonyl (C=O) groups is 1. The summed E-state index contributed by atoms with van der Waals surface area (Å²) in [5, 5.41) is 6.79. The normalized spacial score (nSPS) is 20.6. The molecular formula is C12H20N4O. The number of carbonyl (C=O) groups excluding carboxylic acids is 1. The van der Waals surface area contributed by atoms with Crippen LogP contribution in [0.15, 0.2) is 0 Å². The van der Waals surface area contributed by atoms with E-state index in [2.05, 4.69) is 17.1 Å². The third kappa shape index (κ3) is 2.14. The zero-order valence-electron chi connectivity index (χ0n) is 10.5. The van der Waals surface area contributed by atoms with Crippen LogP contribution < -0.4 is 5.73 Å². The first-order valence-electron chi connectivity index (χ1n) is 6.26. The van der Waals surface area contributed by atoms with Gasteiger partial charge in [0.25, 0.3) is 5.91 Å². The van der Waals surface area contributed by atoms with Gasteiger partial charge in [-0.2, -0.15) is 5.10 Å². The van der Waals surface area contributed by atoms with Crippen LogP contribution in [0.2, 0.25) is 0 Å². The summed E-state index contributed by atoms with van der Waals surface area (Å²) in [5.41, 5.74) is 7.48. The van der Waals surface area contributed by atoms with Crippen molar-refractivity contribution < 1.29 is 4.79 Å². The van der Waals surface area contributed by atoms with Crippen LogP contribution in [0, 0.1) is 6.92 Å². The van der Waals surface area contributed by atoms with Crippen LogP contribution in [0.25, 0.3) is 0 Å². The maximum absolute atomic E-state index is 12.4. The molecule has 2 heterocycles. The first-order chi connectivity index (χ1) is 8.15. The Bertz CT molecular complexity index is 413. The van der Waals surface area contributed by atoms with Gasteiger partial charge in [0, 0.05) is 12.6 Å². The fourth-order valence-corrected chi connectivity index (χ4v) is 2.43. The number of nitrogens with one attached hydrogen (secondary N) is 1. The zero-order chi connectivity index (χ0) is 12.4. The molecule has 5 nitrogen and oxygen atoms in total. The maximum Gasteiger partial charge on any atom is 0.276 e. The zero-order valence-corrected chi connectivity index (χ0v) is 10.5. The number of amides is 1. The van der Waals surface area contributed by atoms with Crippen LogP contribution in [-0.4, -0.2) is 33.6 Å². The van der Waals surface area contributed by atoms with Gasteiger partial charge < -0.3 is 10.6 Å². The molecule has 17 heavy (non-hydrogen) atoms. The topological polar surface area (TPSA) is 75.0 Å². The number of hydrogen-bond acceptors (Lipinski definition) is 3. The number of nitrogens with zero attached hydrogens (tertiary/aromatic N) is 2. The van der Waals surface area contributed by atoms with E-state index in [1.54, 1.807) is 0 Å². The van der Waals surface area contributed by atoms with E-state index < -0.39 is 0 Å². The highest BCUT2D eigenvalue weighted by atomic mass is 16.2. The number of anilines is 1. The molecule has 0 aliphatic carbocycles. The minimum atomic E-state index is -0.0293. The fourth-order valence-electron chi connectivity index (χ4n) is 2.43. The van der Waals surface area contributed by atoms with Gasteiger partial charge in [0.1, 0.15) is 0 Å². The molecule has 2 rings (SSSR count). The van der Waals surface area contributed by atoms with Gasteiger partial charge >= 0.3 is 0 Å². The Morgan fingerprint density at radius 1 is 1.59 bits per heavy atom. The molecule has 0 radical (unpaired) electrons. The van der Waals surface area contributed by atoms with E-state index in [1.165, 1.54) is 6.42 Å². The lowest BCUT2D eigenvalue weighted by atomic mass is 9.99. The third-order valence-electron chi connectivity index (χ3n) is 3.56. The number of aromatic amines is 1. The second-order valence-corrected chi connectivity index (χ2v) is 4.67. The predicted molar refractivity (Wildman–Crippen MR) is 66.7 cm³/mol. The number of aromatic nitrogens is 2. The Balaban J connectivity index is 2.21. The van der Waals surface area contributed by atoms with Crippen molar-refractivity contribution in [1.82, 2.24) is 15.1 Å². The van der Waals surface area contributed by atoms with Crippen molar-refractivity contribution in [2.75, 3.05) is 12.3 Å². The Hall–Kier alpha value is -1.52. The number of nitrogens with two attached hydrogens (primary N) is 1. The van der Waals surface area contributed by atoms with Crippen LogP contribution >= 0.6 is 0 Å². The molecule has 1 amide bonds. The van der Waals surface area contributed by atoms with Crippen LogP contribution in [-0.2, 0) is 0 Å². The molecule has 94 valence electrons. The van der Waals surface area contributed by atoms with Gasteiger partial charge in [-0.1, -0.05) is 6.92 Å². The fraction of sp³-hybridized carbons (Fsp3) is 0.667. The largest absolute Gasteiger partial charge is 0.395 e. The molecule has 1 fully saturated rings. The summed E-state index contributed by atoms with van der Waals surface area (Å²) >= 11 is 0. The predicted octanol–water partition coefficient (Wildman–Crippen LogP) is 1.71. The first kappa shape index (κ1) is 12.0. The summed E-state index contributed by atoms with van der Waals surface area (Å²) < 4.78 is 0. The van der Waals surface area contributed by atoms with Crippen molar-refractivity contribution in [3.05, 3.63) is 11.4 Å². The van der Waals surface area contributed by atoms with E-state index in [-0.39, 0.29) is 5.91 Å². The Morgan fingerprint density at radius 3 is 2.94 bits per heavy atom. The van der Waals surface area contributed by atoms with Crippen molar-refractivity contribution in [2.45, 2.75) is 45.6 Å². The minimum absolute atomic E-state index is 0.0293. The van der Waals surface area contributed by atoms with Gasteiger partial charge in [-0.25, -0.2) is 0 Å². The molecule has 0 spiro atoms.